The molecule has 0 saturated carbocycles. The van der Waals surface area contributed by atoms with E-state index >= 15 is 0 Å². The van der Waals surface area contributed by atoms with Gasteiger partial charge in [-0.05, 0) is 25.0 Å². The number of nitrogens with zero attached hydrogens (tertiary/aromatic N) is 3. The molecular formula is C17H20FN3O2. The molecule has 0 aliphatic carbocycles. The van der Waals surface area contributed by atoms with E-state index in [4.69, 9.17) is 4.74 Å². The molecule has 23 heavy (non-hydrogen) atoms. The molecule has 0 bridgehead atoms. The summed E-state index contributed by atoms with van der Waals surface area (Å²) in [5.74, 6) is -0.462. The highest BCUT2D eigenvalue weighted by Gasteiger charge is 2.31. The Kier molecular flexibility index (Phi) is 4.77. The number of hydrogen-bond acceptors (Lipinski definition) is 4. The molecule has 122 valence electrons. The lowest BCUT2D eigenvalue weighted by Gasteiger charge is -2.37. The van der Waals surface area contributed by atoms with Crippen LogP contribution in [0.4, 0.5) is 10.1 Å². The Morgan fingerprint density at radius 1 is 1.30 bits per heavy atom. The molecule has 1 amide bonds. The lowest BCUT2D eigenvalue weighted by atomic mass is 9.95. The number of halogens is 1. The van der Waals surface area contributed by atoms with E-state index in [0.29, 0.717) is 38.5 Å². The molecule has 0 aromatic heterocycles. The molecule has 2 saturated heterocycles. The first-order chi connectivity index (χ1) is 11.2. The summed E-state index contributed by atoms with van der Waals surface area (Å²) in [6, 6.07) is 6.60. The molecule has 2 fully saturated rings. The van der Waals surface area contributed by atoms with Gasteiger partial charge >= 0.3 is 0 Å². The Morgan fingerprint density at radius 2 is 2.09 bits per heavy atom. The van der Waals surface area contributed by atoms with Crippen molar-refractivity contribution in [3.63, 3.8) is 0 Å². The van der Waals surface area contributed by atoms with Crippen molar-refractivity contribution in [2.75, 3.05) is 44.3 Å². The number of nitriles is 1. The number of morpholine rings is 1. The highest BCUT2D eigenvalue weighted by Crippen LogP contribution is 2.28. The molecule has 2 heterocycles. The van der Waals surface area contributed by atoms with Crippen molar-refractivity contribution < 1.29 is 13.9 Å². The fraction of sp³-hybridized carbons (Fsp3) is 0.529. The zero-order chi connectivity index (χ0) is 16.2. The van der Waals surface area contributed by atoms with E-state index in [0.717, 1.165) is 19.4 Å². The standard InChI is InChI=1S/C17H20FN3O2/c18-15-4-1-5-16(14(15)11-19)21-6-2-3-13(12-21)17(22)20-7-9-23-10-8-20/h1,4-5,13H,2-3,6-10,12H2/t13-/m0/s1. The molecule has 2 aliphatic rings. The molecule has 1 aromatic carbocycles. The van der Waals surface area contributed by atoms with E-state index in [9.17, 15) is 14.4 Å². The summed E-state index contributed by atoms with van der Waals surface area (Å²) in [6.07, 6.45) is 1.70. The summed E-state index contributed by atoms with van der Waals surface area (Å²) in [5, 5.41) is 9.20. The number of hydrogen-bond donors (Lipinski definition) is 0. The van der Waals surface area contributed by atoms with Crippen LogP contribution in [-0.2, 0) is 9.53 Å². The molecular weight excluding hydrogens is 297 g/mol. The summed E-state index contributed by atoms with van der Waals surface area (Å²) in [7, 11) is 0. The molecule has 6 heteroatoms. The van der Waals surface area contributed by atoms with Crippen LogP contribution < -0.4 is 4.90 Å². The number of carbonyl (C=O) groups is 1. The number of carbonyl (C=O) groups excluding carboxylic acids is 1. The van der Waals surface area contributed by atoms with Gasteiger partial charge < -0.3 is 14.5 Å². The number of benzene rings is 1. The summed E-state index contributed by atoms with van der Waals surface area (Å²) in [6.45, 7) is 3.73. The van der Waals surface area contributed by atoms with Crippen molar-refractivity contribution in [1.29, 1.82) is 5.26 Å². The van der Waals surface area contributed by atoms with E-state index in [1.807, 2.05) is 15.9 Å². The Hall–Kier alpha value is -2.13. The van der Waals surface area contributed by atoms with Gasteiger partial charge in [0.25, 0.3) is 0 Å². The smallest absolute Gasteiger partial charge is 0.227 e. The van der Waals surface area contributed by atoms with Gasteiger partial charge in [0.15, 0.2) is 0 Å². The average molecular weight is 317 g/mol. The van der Waals surface area contributed by atoms with Crippen molar-refractivity contribution in [3.05, 3.63) is 29.6 Å². The monoisotopic (exact) mass is 317 g/mol. The molecule has 2 aliphatic heterocycles. The van der Waals surface area contributed by atoms with Crippen LogP contribution in [0.5, 0.6) is 0 Å². The summed E-state index contributed by atoms with van der Waals surface area (Å²) in [4.78, 5) is 16.5. The minimum Gasteiger partial charge on any atom is -0.378 e. The van der Waals surface area contributed by atoms with Gasteiger partial charge in [0.05, 0.1) is 24.8 Å². The van der Waals surface area contributed by atoms with Gasteiger partial charge in [-0.25, -0.2) is 4.39 Å². The van der Waals surface area contributed by atoms with E-state index in [1.54, 1.807) is 12.1 Å². The zero-order valence-corrected chi connectivity index (χ0v) is 13.0. The van der Waals surface area contributed by atoms with Crippen molar-refractivity contribution in [2.24, 2.45) is 5.92 Å². The van der Waals surface area contributed by atoms with Crippen LogP contribution in [0.1, 0.15) is 18.4 Å². The van der Waals surface area contributed by atoms with E-state index in [1.165, 1.54) is 6.07 Å². The minimum atomic E-state index is -0.508. The topological polar surface area (TPSA) is 56.6 Å². The Bertz CT molecular complexity index is 623. The van der Waals surface area contributed by atoms with Crippen LogP contribution in [0.25, 0.3) is 0 Å². The summed E-state index contributed by atoms with van der Waals surface area (Å²) < 4.78 is 19.1. The number of ether oxygens (including phenoxy) is 1. The van der Waals surface area contributed by atoms with Crippen LogP contribution in [0.2, 0.25) is 0 Å². The van der Waals surface area contributed by atoms with Gasteiger partial charge in [0.2, 0.25) is 5.91 Å². The van der Waals surface area contributed by atoms with Gasteiger partial charge in [-0.2, -0.15) is 5.26 Å². The van der Waals surface area contributed by atoms with E-state index in [2.05, 4.69) is 0 Å². The van der Waals surface area contributed by atoms with Gasteiger partial charge in [0.1, 0.15) is 17.4 Å². The molecule has 0 radical (unpaired) electrons. The highest BCUT2D eigenvalue weighted by molar-refractivity contribution is 5.80. The lowest BCUT2D eigenvalue weighted by Crippen LogP contribution is -2.48. The molecule has 1 atom stereocenters. The first-order valence-electron chi connectivity index (χ1n) is 8.01. The SMILES string of the molecule is N#Cc1c(F)cccc1N1CCC[C@H](C(=O)N2CCOCC2)C1. The maximum Gasteiger partial charge on any atom is 0.227 e. The third-order valence-electron chi connectivity index (χ3n) is 4.54. The Labute approximate surface area is 135 Å². The number of piperidine rings is 1. The van der Waals surface area contributed by atoms with Crippen molar-refractivity contribution >= 4 is 11.6 Å². The van der Waals surface area contributed by atoms with Crippen LogP contribution in [0, 0.1) is 23.1 Å². The van der Waals surface area contributed by atoms with E-state index < -0.39 is 5.82 Å². The van der Waals surface area contributed by atoms with E-state index in [-0.39, 0.29) is 17.4 Å². The van der Waals surface area contributed by atoms with Gasteiger partial charge in [0, 0.05) is 26.2 Å². The van der Waals surface area contributed by atoms with Gasteiger partial charge in [-0.1, -0.05) is 6.07 Å². The average Bonchev–Trinajstić information content (AvgIpc) is 2.61. The summed E-state index contributed by atoms with van der Waals surface area (Å²) in [5.41, 5.74) is 0.652. The molecule has 5 nitrogen and oxygen atoms in total. The minimum absolute atomic E-state index is 0.0620. The predicted octanol–water partition coefficient (Wildman–Crippen LogP) is 1.77. The maximum atomic E-state index is 13.8. The fourth-order valence-electron chi connectivity index (χ4n) is 3.33. The predicted molar refractivity (Wildman–Crippen MR) is 83.5 cm³/mol. The summed E-state index contributed by atoms with van der Waals surface area (Å²) >= 11 is 0. The lowest BCUT2D eigenvalue weighted by molar-refractivity contribution is -0.139. The largest absolute Gasteiger partial charge is 0.378 e. The number of amides is 1. The van der Waals surface area contributed by atoms with Crippen molar-refractivity contribution in [2.45, 2.75) is 12.8 Å². The quantitative estimate of drug-likeness (QED) is 0.834. The first kappa shape index (κ1) is 15.8. The molecule has 1 aromatic rings. The van der Waals surface area contributed by atoms with Crippen LogP contribution in [-0.4, -0.2) is 50.2 Å². The highest BCUT2D eigenvalue weighted by atomic mass is 19.1. The number of rotatable bonds is 2. The van der Waals surface area contributed by atoms with Crippen LogP contribution in [0.15, 0.2) is 18.2 Å². The van der Waals surface area contributed by atoms with Crippen LogP contribution >= 0.6 is 0 Å². The van der Waals surface area contributed by atoms with Gasteiger partial charge in [-0.3, -0.25) is 4.79 Å². The fourth-order valence-corrected chi connectivity index (χ4v) is 3.33. The third kappa shape index (κ3) is 3.30. The van der Waals surface area contributed by atoms with Crippen LogP contribution in [0.3, 0.4) is 0 Å². The second-order valence-electron chi connectivity index (χ2n) is 5.97. The van der Waals surface area contributed by atoms with Gasteiger partial charge in [-0.15, -0.1) is 0 Å². The zero-order valence-electron chi connectivity index (χ0n) is 13.0. The second-order valence-corrected chi connectivity index (χ2v) is 5.97. The van der Waals surface area contributed by atoms with Crippen molar-refractivity contribution in [3.8, 4) is 6.07 Å². The molecule has 0 unspecified atom stereocenters. The molecule has 3 rings (SSSR count). The maximum absolute atomic E-state index is 13.8. The molecule has 0 spiro atoms. The second kappa shape index (κ2) is 6.97. The molecule has 0 N–H and O–H groups in total. The first-order valence-corrected chi connectivity index (χ1v) is 8.01. The normalized spacial score (nSPS) is 21.8. The Balaban J connectivity index is 1.75. The Morgan fingerprint density at radius 3 is 2.83 bits per heavy atom. The van der Waals surface area contributed by atoms with Crippen molar-refractivity contribution in [1.82, 2.24) is 4.90 Å². The third-order valence-corrected chi connectivity index (χ3v) is 4.54. The number of anilines is 1.